The highest BCUT2D eigenvalue weighted by molar-refractivity contribution is 7.16. The molecule has 0 spiro atoms. The van der Waals surface area contributed by atoms with Gasteiger partial charge in [-0.2, -0.15) is 0 Å². The van der Waals surface area contributed by atoms with E-state index in [1.807, 2.05) is 6.92 Å². The molecule has 1 heterocycles. The molecule has 0 N–H and O–H groups in total. The second kappa shape index (κ2) is 3.26. The van der Waals surface area contributed by atoms with Gasteiger partial charge in [-0.3, -0.25) is 4.79 Å². The van der Waals surface area contributed by atoms with Crippen LogP contribution in [0.2, 0.25) is 10.0 Å². The standard InChI is InChI=1S/C9H7Cl2NOS/c1-4-5(10)3-6-8(7(4)11)12(2)9(13)14-6/h3H,1-2H3. The summed E-state index contributed by atoms with van der Waals surface area (Å²) < 4.78 is 2.38. The van der Waals surface area contributed by atoms with Gasteiger partial charge in [-0.05, 0) is 18.6 Å². The molecule has 0 amide bonds. The van der Waals surface area contributed by atoms with Crippen molar-refractivity contribution in [1.82, 2.24) is 4.57 Å². The van der Waals surface area contributed by atoms with Gasteiger partial charge in [0.15, 0.2) is 0 Å². The number of aromatic nitrogens is 1. The largest absolute Gasteiger partial charge is 0.307 e. The first-order chi connectivity index (χ1) is 6.52. The second-order valence-corrected chi connectivity index (χ2v) is 4.85. The molecule has 0 bridgehead atoms. The monoisotopic (exact) mass is 247 g/mol. The minimum absolute atomic E-state index is 0.0245. The molecule has 0 radical (unpaired) electrons. The molecule has 2 aromatic rings. The molecule has 0 saturated carbocycles. The number of nitrogens with zero attached hydrogens (tertiary/aromatic N) is 1. The maximum absolute atomic E-state index is 11.4. The molecule has 0 aliphatic rings. The van der Waals surface area contributed by atoms with Crippen molar-refractivity contribution in [2.75, 3.05) is 0 Å². The molecule has 0 atom stereocenters. The van der Waals surface area contributed by atoms with Gasteiger partial charge < -0.3 is 4.57 Å². The zero-order valence-corrected chi connectivity index (χ0v) is 9.93. The van der Waals surface area contributed by atoms with Crippen molar-refractivity contribution < 1.29 is 0 Å². The topological polar surface area (TPSA) is 22.0 Å². The number of halogens is 2. The molecule has 14 heavy (non-hydrogen) atoms. The van der Waals surface area contributed by atoms with Crippen LogP contribution in [0.3, 0.4) is 0 Å². The van der Waals surface area contributed by atoms with Crippen molar-refractivity contribution in [3.05, 3.63) is 31.3 Å². The first kappa shape index (κ1) is 10.0. The van der Waals surface area contributed by atoms with Crippen LogP contribution < -0.4 is 4.87 Å². The van der Waals surface area contributed by atoms with Crippen LogP contribution >= 0.6 is 34.5 Å². The fourth-order valence-corrected chi connectivity index (χ4v) is 2.96. The maximum atomic E-state index is 11.4. The molecule has 1 aromatic heterocycles. The van der Waals surface area contributed by atoms with E-state index < -0.39 is 0 Å². The highest BCUT2D eigenvalue weighted by Gasteiger charge is 2.12. The number of fused-ring (bicyclic) bond motifs is 1. The Morgan fingerprint density at radius 3 is 2.71 bits per heavy atom. The van der Waals surface area contributed by atoms with Crippen LogP contribution in [0.5, 0.6) is 0 Å². The third-order valence-corrected chi connectivity index (χ3v) is 4.03. The molecule has 2 rings (SSSR count). The average Bonchev–Trinajstić information content (AvgIpc) is 2.39. The molecule has 0 aliphatic heterocycles. The molecule has 0 aliphatic carbocycles. The Morgan fingerprint density at radius 1 is 1.43 bits per heavy atom. The number of benzene rings is 1. The number of hydrogen-bond acceptors (Lipinski definition) is 2. The van der Waals surface area contributed by atoms with Gasteiger partial charge in [0, 0.05) is 12.1 Å². The summed E-state index contributed by atoms with van der Waals surface area (Å²) >= 11 is 13.2. The lowest BCUT2D eigenvalue weighted by atomic mass is 10.2. The Bertz CT molecular complexity index is 570. The summed E-state index contributed by atoms with van der Waals surface area (Å²) in [5.41, 5.74) is 1.58. The SMILES string of the molecule is Cc1c(Cl)cc2sc(=O)n(C)c2c1Cl. The number of aryl methyl sites for hydroxylation is 1. The number of thiazole rings is 1. The zero-order valence-electron chi connectivity index (χ0n) is 7.60. The normalized spacial score (nSPS) is 11.1. The van der Waals surface area contributed by atoms with E-state index in [1.54, 1.807) is 17.7 Å². The summed E-state index contributed by atoms with van der Waals surface area (Å²) in [6.45, 7) is 1.84. The smallest absolute Gasteiger partial charge is 0.300 e. The van der Waals surface area contributed by atoms with Crippen LogP contribution in [0, 0.1) is 6.92 Å². The lowest BCUT2D eigenvalue weighted by Gasteiger charge is -2.03. The Hall–Kier alpha value is -0.510. The van der Waals surface area contributed by atoms with Gasteiger partial charge in [-0.15, -0.1) is 0 Å². The van der Waals surface area contributed by atoms with Crippen molar-refractivity contribution in [3.8, 4) is 0 Å². The molecule has 74 valence electrons. The predicted octanol–water partition coefficient (Wildman–Crippen LogP) is 3.22. The summed E-state index contributed by atoms with van der Waals surface area (Å²) in [5, 5.41) is 1.16. The van der Waals surface area contributed by atoms with E-state index >= 15 is 0 Å². The van der Waals surface area contributed by atoms with Gasteiger partial charge in [0.25, 0.3) is 0 Å². The quantitative estimate of drug-likeness (QED) is 0.701. The van der Waals surface area contributed by atoms with Gasteiger partial charge in [0.05, 0.1) is 15.2 Å². The summed E-state index contributed by atoms with van der Waals surface area (Å²) in [4.78, 5) is 11.4. The van der Waals surface area contributed by atoms with Gasteiger partial charge in [0.1, 0.15) is 0 Å². The van der Waals surface area contributed by atoms with Crippen molar-refractivity contribution in [3.63, 3.8) is 0 Å². The molecule has 0 fully saturated rings. The van der Waals surface area contributed by atoms with Gasteiger partial charge in [-0.1, -0.05) is 34.5 Å². The lowest BCUT2D eigenvalue weighted by molar-refractivity contribution is 0.938. The van der Waals surface area contributed by atoms with E-state index in [0.717, 1.165) is 27.1 Å². The van der Waals surface area contributed by atoms with E-state index in [0.29, 0.717) is 10.0 Å². The molecule has 2 nitrogen and oxygen atoms in total. The van der Waals surface area contributed by atoms with E-state index in [-0.39, 0.29) is 4.87 Å². The van der Waals surface area contributed by atoms with Crippen molar-refractivity contribution in [2.45, 2.75) is 6.92 Å². The van der Waals surface area contributed by atoms with Crippen LogP contribution in [0.1, 0.15) is 5.56 Å². The van der Waals surface area contributed by atoms with Crippen LogP contribution in [0.25, 0.3) is 10.2 Å². The fraction of sp³-hybridized carbons (Fsp3) is 0.222. The molecular formula is C9H7Cl2NOS. The molecular weight excluding hydrogens is 241 g/mol. The highest BCUT2D eigenvalue weighted by Crippen LogP contribution is 2.33. The van der Waals surface area contributed by atoms with Crippen molar-refractivity contribution in [2.24, 2.45) is 7.05 Å². The van der Waals surface area contributed by atoms with Crippen LogP contribution in [-0.2, 0) is 7.05 Å². The summed E-state index contributed by atoms with van der Waals surface area (Å²) in [7, 11) is 1.71. The first-order valence-electron chi connectivity index (χ1n) is 3.96. The fourth-order valence-electron chi connectivity index (χ4n) is 1.33. The lowest BCUT2D eigenvalue weighted by Crippen LogP contribution is -2.06. The number of rotatable bonds is 0. The maximum Gasteiger partial charge on any atom is 0.307 e. The van der Waals surface area contributed by atoms with Crippen LogP contribution in [0.4, 0.5) is 0 Å². The van der Waals surface area contributed by atoms with Crippen molar-refractivity contribution in [1.29, 1.82) is 0 Å². The van der Waals surface area contributed by atoms with E-state index in [2.05, 4.69) is 0 Å². The van der Waals surface area contributed by atoms with Gasteiger partial charge in [0.2, 0.25) is 0 Å². The van der Waals surface area contributed by atoms with Crippen LogP contribution in [0.15, 0.2) is 10.9 Å². The van der Waals surface area contributed by atoms with E-state index in [4.69, 9.17) is 23.2 Å². The predicted molar refractivity (Wildman–Crippen MR) is 61.8 cm³/mol. The Kier molecular flexibility index (Phi) is 2.33. The molecule has 0 saturated heterocycles. The van der Waals surface area contributed by atoms with E-state index in [1.165, 1.54) is 0 Å². The summed E-state index contributed by atoms with van der Waals surface area (Å²) in [5.74, 6) is 0. The molecule has 0 unspecified atom stereocenters. The first-order valence-corrected chi connectivity index (χ1v) is 5.53. The second-order valence-electron chi connectivity index (χ2n) is 3.07. The van der Waals surface area contributed by atoms with Gasteiger partial charge >= 0.3 is 4.87 Å². The summed E-state index contributed by atoms with van der Waals surface area (Å²) in [6.07, 6.45) is 0. The number of hydrogen-bond donors (Lipinski definition) is 0. The Balaban J connectivity index is 3.06. The minimum atomic E-state index is -0.0245. The highest BCUT2D eigenvalue weighted by atomic mass is 35.5. The van der Waals surface area contributed by atoms with Gasteiger partial charge in [-0.25, -0.2) is 0 Å². The van der Waals surface area contributed by atoms with Crippen molar-refractivity contribution >= 4 is 44.8 Å². The third kappa shape index (κ3) is 1.28. The summed E-state index contributed by atoms with van der Waals surface area (Å²) in [6, 6.07) is 1.78. The van der Waals surface area contributed by atoms with Crippen LogP contribution in [-0.4, -0.2) is 4.57 Å². The molecule has 5 heteroatoms. The minimum Gasteiger partial charge on any atom is -0.300 e. The average molecular weight is 248 g/mol. The zero-order chi connectivity index (χ0) is 10.5. The molecule has 1 aromatic carbocycles. The Labute approximate surface area is 94.7 Å². The third-order valence-electron chi connectivity index (χ3n) is 2.19. The Morgan fingerprint density at radius 2 is 2.07 bits per heavy atom. The van der Waals surface area contributed by atoms with E-state index in [9.17, 15) is 4.79 Å².